The topological polar surface area (TPSA) is 34.9 Å². The van der Waals surface area contributed by atoms with Crippen LogP contribution < -0.4 is 0 Å². The van der Waals surface area contributed by atoms with Gasteiger partial charge in [0.05, 0.1) is 0 Å². The van der Waals surface area contributed by atoms with Crippen LogP contribution in [0.3, 0.4) is 0 Å². The fourth-order valence-corrected chi connectivity index (χ4v) is 2.26. The summed E-state index contributed by atoms with van der Waals surface area (Å²) in [5, 5.41) is 0. The maximum absolute atomic E-state index is 10.7. The van der Waals surface area contributed by atoms with Gasteiger partial charge >= 0.3 is 0 Å². The molecule has 1 aliphatic rings. The molecule has 2 rings (SSSR count). The van der Waals surface area contributed by atoms with Crippen molar-refractivity contribution in [3.63, 3.8) is 0 Å². The molecule has 1 heterocycles. The largest absolute Gasteiger partial charge is 0.326 e. The van der Waals surface area contributed by atoms with Crippen LogP contribution in [0.2, 0.25) is 0 Å². The van der Waals surface area contributed by atoms with Crippen molar-refractivity contribution in [1.82, 2.24) is 9.55 Å². The van der Waals surface area contributed by atoms with Gasteiger partial charge in [-0.3, -0.25) is 4.79 Å². The Hall–Kier alpha value is -1.12. The molecule has 0 N–H and O–H groups in total. The summed E-state index contributed by atoms with van der Waals surface area (Å²) >= 11 is 0. The van der Waals surface area contributed by atoms with Crippen LogP contribution in [-0.4, -0.2) is 15.8 Å². The molecule has 1 aromatic rings. The minimum Gasteiger partial charge on any atom is -0.326 e. The molecular formula is C11H16N2O. The van der Waals surface area contributed by atoms with E-state index in [0.29, 0.717) is 11.9 Å². The number of hydrogen-bond acceptors (Lipinski definition) is 2. The van der Waals surface area contributed by atoms with Crippen LogP contribution in [0.1, 0.15) is 55.2 Å². The number of aromatic nitrogens is 2. The second-order valence-electron chi connectivity index (χ2n) is 3.96. The van der Waals surface area contributed by atoms with Crippen molar-refractivity contribution in [2.24, 2.45) is 0 Å². The third kappa shape index (κ3) is 1.86. The number of hydrogen-bond donors (Lipinski definition) is 0. The molecule has 1 saturated carbocycles. The molecule has 3 nitrogen and oxygen atoms in total. The second kappa shape index (κ2) is 4.40. The molecule has 76 valence electrons. The van der Waals surface area contributed by atoms with Gasteiger partial charge in [0, 0.05) is 18.4 Å². The van der Waals surface area contributed by atoms with E-state index in [9.17, 15) is 4.79 Å². The number of carbonyl (C=O) groups is 1. The highest BCUT2D eigenvalue weighted by molar-refractivity contribution is 5.69. The predicted molar refractivity (Wildman–Crippen MR) is 54.4 cm³/mol. The Balaban J connectivity index is 2.15. The SMILES string of the molecule is O=Cc1nccn1C1CCCCCC1. The quantitative estimate of drug-likeness (QED) is 0.533. The maximum atomic E-state index is 10.7. The Morgan fingerprint density at radius 3 is 2.64 bits per heavy atom. The third-order valence-corrected chi connectivity index (χ3v) is 3.02. The van der Waals surface area contributed by atoms with Gasteiger partial charge < -0.3 is 4.57 Å². The van der Waals surface area contributed by atoms with E-state index in [2.05, 4.69) is 4.98 Å². The molecule has 1 aromatic heterocycles. The summed E-state index contributed by atoms with van der Waals surface area (Å²) in [6.45, 7) is 0. The average molecular weight is 192 g/mol. The van der Waals surface area contributed by atoms with Crippen LogP contribution in [0.25, 0.3) is 0 Å². The molecule has 0 aromatic carbocycles. The number of aldehydes is 1. The van der Waals surface area contributed by atoms with E-state index in [0.717, 1.165) is 6.29 Å². The van der Waals surface area contributed by atoms with Crippen molar-refractivity contribution < 1.29 is 4.79 Å². The Kier molecular flexibility index (Phi) is 2.96. The first-order chi connectivity index (χ1) is 6.92. The Morgan fingerprint density at radius 2 is 2.00 bits per heavy atom. The molecule has 0 amide bonds. The van der Waals surface area contributed by atoms with Gasteiger partial charge in [0.15, 0.2) is 12.1 Å². The van der Waals surface area contributed by atoms with Crippen LogP contribution >= 0.6 is 0 Å². The molecule has 1 aliphatic carbocycles. The first-order valence-electron chi connectivity index (χ1n) is 5.40. The van der Waals surface area contributed by atoms with Gasteiger partial charge in [0.25, 0.3) is 0 Å². The van der Waals surface area contributed by atoms with Crippen molar-refractivity contribution in [2.45, 2.75) is 44.6 Å². The highest BCUT2D eigenvalue weighted by Gasteiger charge is 2.15. The summed E-state index contributed by atoms with van der Waals surface area (Å²) in [6.07, 6.45) is 12.1. The fraction of sp³-hybridized carbons (Fsp3) is 0.636. The predicted octanol–water partition coefficient (Wildman–Crippen LogP) is 2.59. The Morgan fingerprint density at radius 1 is 1.29 bits per heavy atom. The van der Waals surface area contributed by atoms with Crippen molar-refractivity contribution in [3.8, 4) is 0 Å². The van der Waals surface area contributed by atoms with Gasteiger partial charge in [-0.05, 0) is 12.8 Å². The Bertz CT molecular complexity index is 298. The lowest BCUT2D eigenvalue weighted by atomic mass is 10.1. The van der Waals surface area contributed by atoms with E-state index in [-0.39, 0.29) is 0 Å². The first-order valence-corrected chi connectivity index (χ1v) is 5.40. The molecule has 0 saturated heterocycles. The normalized spacial score (nSPS) is 19.1. The van der Waals surface area contributed by atoms with Crippen molar-refractivity contribution in [1.29, 1.82) is 0 Å². The second-order valence-corrected chi connectivity index (χ2v) is 3.96. The van der Waals surface area contributed by atoms with Gasteiger partial charge in [-0.1, -0.05) is 25.7 Å². The van der Waals surface area contributed by atoms with E-state index >= 15 is 0 Å². The van der Waals surface area contributed by atoms with Crippen molar-refractivity contribution >= 4 is 6.29 Å². The minimum absolute atomic E-state index is 0.500. The van der Waals surface area contributed by atoms with Crippen LogP contribution in [-0.2, 0) is 0 Å². The molecule has 0 unspecified atom stereocenters. The number of imidazole rings is 1. The molecule has 0 atom stereocenters. The standard InChI is InChI=1S/C11H16N2O/c14-9-11-12-7-8-13(11)10-5-3-1-2-4-6-10/h7-10H,1-6H2. The van der Waals surface area contributed by atoms with Gasteiger partial charge in [0.2, 0.25) is 0 Å². The van der Waals surface area contributed by atoms with Crippen LogP contribution in [0, 0.1) is 0 Å². The fourth-order valence-electron chi connectivity index (χ4n) is 2.26. The van der Waals surface area contributed by atoms with E-state index in [1.807, 2.05) is 10.8 Å². The van der Waals surface area contributed by atoms with Crippen molar-refractivity contribution in [3.05, 3.63) is 18.2 Å². The first kappa shape index (κ1) is 9.44. The summed E-state index contributed by atoms with van der Waals surface area (Å²) in [4.78, 5) is 14.8. The molecule has 14 heavy (non-hydrogen) atoms. The lowest BCUT2D eigenvalue weighted by Crippen LogP contribution is -2.10. The van der Waals surface area contributed by atoms with E-state index in [4.69, 9.17) is 0 Å². The molecule has 0 spiro atoms. The zero-order chi connectivity index (χ0) is 9.80. The highest BCUT2D eigenvalue weighted by atomic mass is 16.1. The van der Waals surface area contributed by atoms with Gasteiger partial charge in [0.1, 0.15) is 0 Å². The van der Waals surface area contributed by atoms with E-state index in [1.165, 1.54) is 38.5 Å². The molecule has 3 heteroatoms. The minimum atomic E-state index is 0.500. The van der Waals surface area contributed by atoms with Gasteiger partial charge in [-0.15, -0.1) is 0 Å². The maximum Gasteiger partial charge on any atom is 0.185 e. The van der Waals surface area contributed by atoms with Crippen molar-refractivity contribution in [2.75, 3.05) is 0 Å². The number of rotatable bonds is 2. The van der Waals surface area contributed by atoms with Crippen LogP contribution in [0.5, 0.6) is 0 Å². The smallest absolute Gasteiger partial charge is 0.185 e. The Labute approximate surface area is 84.1 Å². The van der Waals surface area contributed by atoms with Gasteiger partial charge in [-0.25, -0.2) is 4.98 Å². The zero-order valence-electron chi connectivity index (χ0n) is 8.35. The third-order valence-electron chi connectivity index (χ3n) is 3.02. The summed E-state index contributed by atoms with van der Waals surface area (Å²) in [6, 6.07) is 0.500. The average Bonchev–Trinajstić information content (AvgIpc) is 2.52. The lowest BCUT2D eigenvalue weighted by Gasteiger charge is -2.16. The van der Waals surface area contributed by atoms with Crippen LogP contribution in [0.4, 0.5) is 0 Å². The van der Waals surface area contributed by atoms with Gasteiger partial charge in [-0.2, -0.15) is 0 Å². The molecule has 1 fully saturated rings. The molecule has 0 aliphatic heterocycles. The van der Waals surface area contributed by atoms with E-state index < -0.39 is 0 Å². The highest BCUT2D eigenvalue weighted by Crippen LogP contribution is 2.27. The molecule has 0 radical (unpaired) electrons. The number of carbonyl (C=O) groups excluding carboxylic acids is 1. The summed E-state index contributed by atoms with van der Waals surface area (Å²) in [7, 11) is 0. The summed E-state index contributed by atoms with van der Waals surface area (Å²) in [5.41, 5.74) is 0. The lowest BCUT2D eigenvalue weighted by molar-refractivity contribution is 0.110. The summed E-state index contributed by atoms with van der Waals surface area (Å²) in [5.74, 6) is 0.580. The zero-order valence-corrected chi connectivity index (χ0v) is 8.35. The molecule has 0 bridgehead atoms. The number of nitrogens with zero attached hydrogens (tertiary/aromatic N) is 2. The molecular weight excluding hydrogens is 176 g/mol. The van der Waals surface area contributed by atoms with Crippen LogP contribution in [0.15, 0.2) is 12.4 Å². The summed E-state index contributed by atoms with van der Waals surface area (Å²) < 4.78 is 2.04. The monoisotopic (exact) mass is 192 g/mol. The van der Waals surface area contributed by atoms with E-state index in [1.54, 1.807) is 6.20 Å².